The summed E-state index contributed by atoms with van der Waals surface area (Å²) in [6.07, 6.45) is 0. The SMILES string of the molecule is O=C(Nc1cccc(Cl)c1)C1Sc2nnc(COc3ccccc3)n2NC1c1ccccc1. The normalized spacial score (nSPS) is 17.0. The second-order valence-corrected chi connectivity index (χ2v) is 8.94. The number of ether oxygens (including phenoxy) is 1. The van der Waals surface area contributed by atoms with Crippen LogP contribution in [0.2, 0.25) is 5.02 Å². The molecular weight excluding hydrogens is 458 g/mol. The molecule has 0 fully saturated rings. The summed E-state index contributed by atoms with van der Waals surface area (Å²) >= 11 is 7.44. The molecule has 0 spiro atoms. The highest BCUT2D eigenvalue weighted by molar-refractivity contribution is 8.00. The van der Waals surface area contributed by atoms with Crippen LogP contribution >= 0.6 is 23.4 Å². The fourth-order valence-corrected chi connectivity index (χ4v) is 4.84. The Labute approximate surface area is 200 Å². The Hall–Kier alpha value is -3.49. The molecule has 2 unspecified atom stereocenters. The number of thioether (sulfide) groups is 1. The van der Waals surface area contributed by atoms with E-state index in [4.69, 9.17) is 16.3 Å². The van der Waals surface area contributed by atoms with Crippen molar-refractivity contribution in [3.8, 4) is 5.75 Å². The molecule has 2 atom stereocenters. The fraction of sp³-hybridized carbons (Fsp3) is 0.125. The molecule has 9 heteroatoms. The van der Waals surface area contributed by atoms with Crippen molar-refractivity contribution in [1.29, 1.82) is 0 Å². The monoisotopic (exact) mass is 477 g/mol. The van der Waals surface area contributed by atoms with E-state index >= 15 is 0 Å². The highest BCUT2D eigenvalue weighted by atomic mass is 35.5. The van der Waals surface area contributed by atoms with Crippen LogP contribution in [-0.4, -0.2) is 26.0 Å². The van der Waals surface area contributed by atoms with E-state index in [0.29, 0.717) is 21.7 Å². The lowest BCUT2D eigenvalue weighted by atomic mass is 10.0. The summed E-state index contributed by atoms with van der Waals surface area (Å²) in [5, 5.41) is 12.2. The van der Waals surface area contributed by atoms with E-state index in [9.17, 15) is 4.79 Å². The number of carbonyl (C=O) groups excluding carboxylic acids is 1. The number of nitrogens with one attached hydrogen (secondary N) is 2. The van der Waals surface area contributed by atoms with Crippen molar-refractivity contribution in [2.45, 2.75) is 23.1 Å². The first kappa shape index (κ1) is 21.4. The first-order chi connectivity index (χ1) is 16.2. The lowest BCUT2D eigenvalue weighted by molar-refractivity contribution is -0.116. The van der Waals surface area contributed by atoms with Crippen LogP contribution < -0.4 is 15.5 Å². The van der Waals surface area contributed by atoms with E-state index in [0.717, 1.165) is 11.3 Å². The Balaban J connectivity index is 1.41. The molecule has 3 aromatic carbocycles. The summed E-state index contributed by atoms with van der Waals surface area (Å²) in [6, 6.07) is 26.2. The molecule has 0 saturated carbocycles. The van der Waals surface area contributed by atoms with Crippen LogP contribution in [0.15, 0.2) is 90.1 Å². The van der Waals surface area contributed by atoms with Gasteiger partial charge in [-0.25, -0.2) is 4.68 Å². The van der Waals surface area contributed by atoms with E-state index < -0.39 is 5.25 Å². The maximum absolute atomic E-state index is 13.3. The molecule has 1 aromatic heterocycles. The summed E-state index contributed by atoms with van der Waals surface area (Å²) in [5.74, 6) is 1.22. The lowest BCUT2D eigenvalue weighted by Crippen LogP contribution is -2.41. The smallest absolute Gasteiger partial charge is 0.240 e. The lowest BCUT2D eigenvalue weighted by Gasteiger charge is -2.33. The molecule has 0 bridgehead atoms. The highest BCUT2D eigenvalue weighted by Crippen LogP contribution is 2.37. The van der Waals surface area contributed by atoms with Gasteiger partial charge in [0.15, 0.2) is 5.82 Å². The molecule has 166 valence electrons. The van der Waals surface area contributed by atoms with Crippen LogP contribution in [0.5, 0.6) is 5.75 Å². The van der Waals surface area contributed by atoms with Gasteiger partial charge in [0, 0.05) is 10.7 Å². The number of amides is 1. The number of hydrogen-bond donors (Lipinski definition) is 2. The quantitative estimate of drug-likeness (QED) is 0.410. The Morgan fingerprint density at radius 2 is 1.79 bits per heavy atom. The van der Waals surface area contributed by atoms with Crippen molar-refractivity contribution in [2.24, 2.45) is 0 Å². The fourth-order valence-electron chi connectivity index (χ4n) is 3.55. The van der Waals surface area contributed by atoms with Gasteiger partial charge in [0.05, 0.1) is 6.04 Å². The van der Waals surface area contributed by atoms with Crippen LogP contribution in [0.25, 0.3) is 0 Å². The molecule has 7 nitrogen and oxygen atoms in total. The first-order valence-electron chi connectivity index (χ1n) is 10.3. The molecule has 1 amide bonds. The third-order valence-electron chi connectivity index (χ3n) is 5.12. The molecule has 4 aromatic rings. The highest BCUT2D eigenvalue weighted by Gasteiger charge is 2.38. The number of anilines is 1. The number of para-hydroxylation sites is 1. The largest absolute Gasteiger partial charge is 0.486 e. The van der Waals surface area contributed by atoms with Gasteiger partial charge in [-0.3, -0.25) is 4.79 Å². The van der Waals surface area contributed by atoms with E-state index in [1.54, 1.807) is 22.9 Å². The van der Waals surface area contributed by atoms with E-state index in [-0.39, 0.29) is 18.6 Å². The molecule has 0 aliphatic carbocycles. The number of rotatable bonds is 6. The summed E-state index contributed by atoms with van der Waals surface area (Å²) in [4.78, 5) is 13.3. The number of halogens is 1. The van der Waals surface area contributed by atoms with Crippen molar-refractivity contribution < 1.29 is 9.53 Å². The molecule has 0 saturated heterocycles. The zero-order valence-electron chi connectivity index (χ0n) is 17.4. The number of nitrogens with zero attached hydrogens (tertiary/aromatic N) is 3. The number of fused-ring (bicyclic) bond motifs is 1. The molecular formula is C24H20ClN5O2S. The molecule has 33 heavy (non-hydrogen) atoms. The minimum Gasteiger partial charge on any atom is -0.486 e. The van der Waals surface area contributed by atoms with Crippen molar-refractivity contribution in [1.82, 2.24) is 14.9 Å². The maximum Gasteiger partial charge on any atom is 0.240 e. The predicted octanol–water partition coefficient (Wildman–Crippen LogP) is 4.91. The van der Waals surface area contributed by atoms with Crippen LogP contribution in [0, 0.1) is 0 Å². The Morgan fingerprint density at radius 3 is 2.55 bits per heavy atom. The second kappa shape index (κ2) is 9.56. The van der Waals surface area contributed by atoms with Gasteiger partial charge in [0.1, 0.15) is 17.6 Å². The van der Waals surface area contributed by atoms with Crippen molar-refractivity contribution in [3.63, 3.8) is 0 Å². The molecule has 0 radical (unpaired) electrons. The second-order valence-electron chi connectivity index (χ2n) is 7.39. The Morgan fingerprint density at radius 1 is 1.03 bits per heavy atom. The third-order valence-corrected chi connectivity index (χ3v) is 6.57. The predicted molar refractivity (Wildman–Crippen MR) is 129 cm³/mol. The minimum atomic E-state index is -0.481. The topological polar surface area (TPSA) is 81.1 Å². The number of carbonyl (C=O) groups is 1. The summed E-state index contributed by atoms with van der Waals surface area (Å²) in [6.45, 7) is 0.242. The van der Waals surface area contributed by atoms with Crippen LogP contribution in [-0.2, 0) is 11.4 Å². The van der Waals surface area contributed by atoms with Gasteiger partial charge in [0.2, 0.25) is 11.1 Å². The van der Waals surface area contributed by atoms with Gasteiger partial charge < -0.3 is 15.5 Å². The summed E-state index contributed by atoms with van der Waals surface area (Å²) in [7, 11) is 0. The van der Waals surface area contributed by atoms with Crippen molar-refractivity contribution >= 4 is 35.0 Å². The molecule has 1 aliphatic rings. The van der Waals surface area contributed by atoms with Crippen molar-refractivity contribution in [2.75, 3.05) is 10.7 Å². The van der Waals surface area contributed by atoms with Crippen LogP contribution in [0.1, 0.15) is 17.4 Å². The van der Waals surface area contributed by atoms with E-state index in [2.05, 4.69) is 20.9 Å². The number of benzene rings is 3. The zero-order chi connectivity index (χ0) is 22.6. The van der Waals surface area contributed by atoms with Gasteiger partial charge in [-0.15, -0.1) is 10.2 Å². The molecule has 1 aliphatic heterocycles. The molecule has 5 rings (SSSR count). The Kier molecular flexibility index (Phi) is 6.19. The maximum atomic E-state index is 13.3. The zero-order valence-corrected chi connectivity index (χ0v) is 19.0. The number of hydrogen-bond acceptors (Lipinski definition) is 6. The van der Waals surface area contributed by atoms with Gasteiger partial charge in [0.25, 0.3) is 0 Å². The van der Waals surface area contributed by atoms with Crippen LogP contribution in [0.3, 0.4) is 0 Å². The Bertz CT molecular complexity index is 1250. The van der Waals surface area contributed by atoms with E-state index in [1.807, 2.05) is 66.7 Å². The standard InChI is InChI=1S/C24H20ClN5O2S/c25-17-10-7-11-18(14-17)26-23(31)22-21(16-8-3-1-4-9-16)29-30-20(27-28-24(30)33-22)15-32-19-12-5-2-6-13-19/h1-14,21-22,29H,15H2,(H,26,31). The third kappa shape index (κ3) is 4.81. The average molecular weight is 478 g/mol. The van der Waals surface area contributed by atoms with Gasteiger partial charge in [-0.1, -0.05) is 78.0 Å². The molecule has 2 N–H and O–H groups in total. The van der Waals surface area contributed by atoms with Crippen molar-refractivity contribution in [3.05, 3.63) is 101 Å². The van der Waals surface area contributed by atoms with Gasteiger partial charge in [-0.2, -0.15) is 0 Å². The van der Waals surface area contributed by atoms with Crippen LogP contribution in [0.4, 0.5) is 5.69 Å². The van der Waals surface area contributed by atoms with Gasteiger partial charge in [-0.05, 0) is 35.9 Å². The average Bonchev–Trinajstić information content (AvgIpc) is 3.25. The summed E-state index contributed by atoms with van der Waals surface area (Å²) < 4.78 is 7.66. The van der Waals surface area contributed by atoms with E-state index in [1.165, 1.54) is 11.8 Å². The summed E-state index contributed by atoms with van der Waals surface area (Å²) in [5.41, 5.74) is 5.05. The molecule has 2 heterocycles. The van der Waals surface area contributed by atoms with Gasteiger partial charge >= 0.3 is 0 Å². The minimum absolute atomic E-state index is 0.153. The number of aromatic nitrogens is 3. The first-order valence-corrected chi connectivity index (χ1v) is 11.6.